The summed E-state index contributed by atoms with van der Waals surface area (Å²) in [6.07, 6.45) is 0.868. The van der Waals surface area contributed by atoms with E-state index < -0.39 is 5.91 Å². The van der Waals surface area contributed by atoms with Crippen molar-refractivity contribution in [2.45, 2.75) is 13.0 Å². The van der Waals surface area contributed by atoms with Crippen LogP contribution in [0.3, 0.4) is 0 Å². The molecule has 1 amide bonds. The van der Waals surface area contributed by atoms with Crippen molar-refractivity contribution in [2.24, 2.45) is 0 Å². The van der Waals surface area contributed by atoms with Crippen molar-refractivity contribution in [1.29, 1.82) is 0 Å². The zero-order valence-electron chi connectivity index (χ0n) is 14.4. The fraction of sp³-hybridized carbons (Fsp3) is 0.263. The molecule has 6 heteroatoms. The zero-order chi connectivity index (χ0) is 17.8. The Labute approximate surface area is 146 Å². The number of carbonyl (C=O) groups excluding carboxylic acids is 1. The predicted octanol–water partition coefficient (Wildman–Crippen LogP) is 2.31. The second-order valence-corrected chi connectivity index (χ2v) is 6.29. The van der Waals surface area contributed by atoms with Gasteiger partial charge in [0.15, 0.2) is 0 Å². The lowest BCUT2D eigenvalue weighted by Gasteiger charge is -2.12. The number of nitrogens with zero attached hydrogens (tertiary/aromatic N) is 3. The predicted molar refractivity (Wildman–Crippen MR) is 96.8 cm³/mol. The lowest BCUT2D eigenvalue weighted by atomic mass is 10.1. The number of imidazole rings is 1. The van der Waals surface area contributed by atoms with Gasteiger partial charge in [-0.15, -0.1) is 0 Å². The van der Waals surface area contributed by atoms with Crippen LogP contribution in [-0.2, 0) is 13.0 Å². The first-order valence-electron chi connectivity index (χ1n) is 8.20. The molecular formula is C19H22N4O2. The van der Waals surface area contributed by atoms with Gasteiger partial charge >= 0.3 is 0 Å². The highest BCUT2D eigenvalue weighted by molar-refractivity contribution is 5.93. The second kappa shape index (κ2) is 7.46. The molecule has 0 bridgehead atoms. The maximum Gasteiger partial charge on any atom is 0.274 e. The maximum absolute atomic E-state index is 11.4. The highest BCUT2D eigenvalue weighted by atomic mass is 16.5. The normalized spacial score (nSPS) is 11.2. The quantitative estimate of drug-likeness (QED) is 0.534. The molecule has 0 spiro atoms. The van der Waals surface area contributed by atoms with E-state index >= 15 is 0 Å². The number of aromatic nitrogens is 2. The van der Waals surface area contributed by atoms with E-state index in [0.29, 0.717) is 12.1 Å². The Balaban J connectivity index is 1.91. The molecule has 0 aliphatic rings. The first-order chi connectivity index (χ1) is 12.1. The van der Waals surface area contributed by atoms with Crippen molar-refractivity contribution in [1.82, 2.24) is 19.9 Å². The highest BCUT2D eigenvalue weighted by Gasteiger charge is 2.11. The van der Waals surface area contributed by atoms with Gasteiger partial charge in [0.2, 0.25) is 0 Å². The molecule has 0 atom stereocenters. The number of rotatable bonds is 6. The number of benzene rings is 2. The molecular weight excluding hydrogens is 316 g/mol. The molecule has 1 heterocycles. The first kappa shape index (κ1) is 17.1. The number of fused-ring (bicyclic) bond motifs is 1. The summed E-state index contributed by atoms with van der Waals surface area (Å²) >= 11 is 0. The number of hydrogen-bond donors (Lipinski definition) is 2. The van der Waals surface area contributed by atoms with Crippen LogP contribution in [0.1, 0.15) is 21.7 Å². The van der Waals surface area contributed by atoms with E-state index in [4.69, 9.17) is 10.2 Å². The molecule has 0 saturated carbocycles. The van der Waals surface area contributed by atoms with Crippen molar-refractivity contribution >= 4 is 16.9 Å². The molecule has 0 fully saturated rings. The molecule has 6 nitrogen and oxygen atoms in total. The van der Waals surface area contributed by atoms with Crippen LogP contribution in [0, 0.1) is 0 Å². The van der Waals surface area contributed by atoms with Crippen molar-refractivity contribution < 1.29 is 10.0 Å². The van der Waals surface area contributed by atoms with Gasteiger partial charge in [0.1, 0.15) is 5.82 Å². The minimum absolute atomic E-state index is 0.426. The van der Waals surface area contributed by atoms with E-state index in [9.17, 15) is 4.79 Å². The third-order valence-electron chi connectivity index (χ3n) is 4.17. The summed E-state index contributed by atoms with van der Waals surface area (Å²) in [5.74, 6) is 0.540. The van der Waals surface area contributed by atoms with Crippen LogP contribution in [0.15, 0.2) is 48.5 Å². The van der Waals surface area contributed by atoms with Gasteiger partial charge in [-0.25, -0.2) is 10.5 Å². The smallest absolute Gasteiger partial charge is 0.274 e. The van der Waals surface area contributed by atoms with Gasteiger partial charge in [-0.05, 0) is 43.9 Å². The van der Waals surface area contributed by atoms with E-state index in [0.717, 1.165) is 35.4 Å². The molecule has 0 aliphatic carbocycles. The van der Waals surface area contributed by atoms with Crippen LogP contribution >= 0.6 is 0 Å². The summed E-state index contributed by atoms with van der Waals surface area (Å²) < 4.78 is 2.22. The number of amides is 1. The van der Waals surface area contributed by atoms with Crippen molar-refractivity contribution in [2.75, 3.05) is 20.6 Å². The number of hydroxylamine groups is 1. The number of nitrogens with one attached hydrogen (secondary N) is 1. The average molecular weight is 338 g/mol. The molecule has 2 aromatic carbocycles. The van der Waals surface area contributed by atoms with Gasteiger partial charge in [-0.1, -0.05) is 24.3 Å². The minimum atomic E-state index is -0.508. The van der Waals surface area contributed by atoms with Gasteiger partial charge in [0.05, 0.1) is 11.0 Å². The van der Waals surface area contributed by atoms with E-state index in [-0.39, 0.29) is 0 Å². The monoisotopic (exact) mass is 338 g/mol. The van der Waals surface area contributed by atoms with E-state index in [1.807, 2.05) is 30.3 Å². The maximum atomic E-state index is 11.4. The fourth-order valence-corrected chi connectivity index (χ4v) is 2.82. The molecule has 0 radical (unpaired) electrons. The largest absolute Gasteiger partial charge is 0.323 e. The van der Waals surface area contributed by atoms with Crippen LogP contribution in [0.4, 0.5) is 0 Å². The molecule has 2 N–H and O–H groups in total. The highest BCUT2D eigenvalue weighted by Crippen LogP contribution is 2.19. The Morgan fingerprint density at radius 3 is 2.56 bits per heavy atom. The summed E-state index contributed by atoms with van der Waals surface area (Å²) in [5.41, 5.74) is 5.24. The van der Waals surface area contributed by atoms with Crippen LogP contribution in [-0.4, -0.2) is 46.2 Å². The lowest BCUT2D eigenvalue weighted by Crippen LogP contribution is -2.18. The van der Waals surface area contributed by atoms with Crippen LogP contribution < -0.4 is 5.48 Å². The summed E-state index contributed by atoms with van der Waals surface area (Å²) in [4.78, 5) is 18.4. The first-order valence-corrected chi connectivity index (χ1v) is 8.20. The van der Waals surface area contributed by atoms with Crippen molar-refractivity contribution in [3.63, 3.8) is 0 Å². The van der Waals surface area contributed by atoms with Gasteiger partial charge in [-0.3, -0.25) is 10.0 Å². The van der Waals surface area contributed by atoms with Crippen LogP contribution in [0.25, 0.3) is 11.0 Å². The van der Waals surface area contributed by atoms with Crippen LogP contribution in [0.5, 0.6) is 0 Å². The van der Waals surface area contributed by atoms with E-state index in [1.165, 1.54) is 0 Å². The molecule has 0 aliphatic heterocycles. The number of para-hydroxylation sites is 2. The van der Waals surface area contributed by atoms with Crippen LogP contribution in [0.2, 0.25) is 0 Å². The Morgan fingerprint density at radius 1 is 1.16 bits per heavy atom. The average Bonchev–Trinajstić information content (AvgIpc) is 2.97. The third-order valence-corrected chi connectivity index (χ3v) is 4.17. The topological polar surface area (TPSA) is 70.4 Å². The Kier molecular flexibility index (Phi) is 5.11. The number of likely N-dealkylation sites (N-methyl/N-ethyl adjacent to an activating group) is 1. The zero-order valence-corrected chi connectivity index (χ0v) is 14.4. The van der Waals surface area contributed by atoms with E-state index in [1.54, 1.807) is 17.6 Å². The molecule has 0 saturated heterocycles. The van der Waals surface area contributed by atoms with Gasteiger partial charge < -0.3 is 9.47 Å². The third kappa shape index (κ3) is 3.87. The Hall–Kier alpha value is -2.70. The second-order valence-electron chi connectivity index (χ2n) is 6.29. The lowest BCUT2D eigenvalue weighted by molar-refractivity contribution is 0.0706. The summed E-state index contributed by atoms with van der Waals surface area (Å²) in [5, 5.41) is 8.71. The van der Waals surface area contributed by atoms with Gasteiger partial charge in [-0.2, -0.15) is 0 Å². The molecule has 0 unspecified atom stereocenters. The molecule has 3 rings (SSSR count). The number of hydrogen-bond acceptors (Lipinski definition) is 4. The standard InChI is InChI=1S/C19H22N4O2/c1-22(2)12-11-18-20-16-5-3-4-6-17(16)23(18)13-14-7-9-15(10-8-14)19(24)21-25/h3-10,25H,11-13H2,1-2H3,(H,21,24). The minimum Gasteiger partial charge on any atom is -0.323 e. The summed E-state index contributed by atoms with van der Waals surface area (Å²) in [6, 6.07) is 15.3. The summed E-state index contributed by atoms with van der Waals surface area (Å²) in [7, 11) is 4.11. The van der Waals surface area contributed by atoms with Gasteiger partial charge in [0, 0.05) is 25.1 Å². The number of carbonyl (C=O) groups is 1. The Morgan fingerprint density at radius 2 is 1.88 bits per heavy atom. The Bertz CT molecular complexity index is 869. The van der Waals surface area contributed by atoms with E-state index in [2.05, 4.69) is 29.6 Å². The van der Waals surface area contributed by atoms with Gasteiger partial charge in [0.25, 0.3) is 5.91 Å². The molecule has 1 aromatic heterocycles. The fourth-order valence-electron chi connectivity index (χ4n) is 2.82. The SMILES string of the molecule is CN(C)CCc1nc2ccccc2n1Cc1ccc(C(=O)NO)cc1. The van der Waals surface area contributed by atoms with Crippen molar-refractivity contribution in [3.8, 4) is 0 Å². The van der Waals surface area contributed by atoms with Crippen molar-refractivity contribution in [3.05, 3.63) is 65.5 Å². The molecule has 130 valence electrons. The summed E-state index contributed by atoms with van der Waals surface area (Å²) in [6.45, 7) is 1.61. The molecule has 3 aromatic rings. The molecule has 25 heavy (non-hydrogen) atoms.